The van der Waals surface area contributed by atoms with Crippen LogP contribution in [0.25, 0.3) is 0 Å². The Morgan fingerprint density at radius 3 is 2.75 bits per heavy atom. The van der Waals surface area contributed by atoms with Gasteiger partial charge in [-0.25, -0.2) is 0 Å². The molecule has 0 aromatic carbocycles. The Balaban J connectivity index is 1.68. The van der Waals surface area contributed by atoms with Crippen LogP contribution >= 0.6 is 11.6 Å². The Bertz CT molecular complexity index is 467. The number of halogens is 1. The zero-order valence-corrected chi connectivity index (χ0v) is 12.3. The second kappa shape index (κ2) is 6.07. The topological polar surface area (TPSA) is 66.4 Å². The highest BCUT2D eigenvalue weighted by Gasteiger charge is 2.30. The molecule has 110 valence electrons. The van der Waals surface area contributed by atoms with Gasteiger partial charge in [0, 0.05) is 39.3 Å². The molecule has 3 rings (SSSR count). The van der Waals surface area contributed by atoms with Crippen LogP contribution in [0.1, 0.15) is 6.42 Å². The largest absolute Gasteiger partial charge is 0.379 e. The van der Waals surface area contributed by atoms with E-state index in [1.165, 1.54) is 0 Å². The van der Waals surface area contributed by atoms with Crippen molar-refractivity contribution in [2.24, 2.45) is 0 Å². The molecule has 0 amide bonds. The maximum atomic E-state index is 5.94. The van der Waals surface area contributed by atoms with E-state index in [2.05, 4.69) is 30.1 Å². The van der Waals surface area contributed by atoms with Crippen LogP contribution in [0.4, 0.5) is 11.9 Å². The van der Waals surface area contributed by atoms with Crippen LogP contribution in [-0.2, 0) is 4.74 Å². The van der Waals surface area contributed by atoms with Crippen molar-refractivity contribution in [1.29, 1.82) is 0 Å². The fourth-order valence-corrected chi connectivity index (χ4v) is 2.91. The first-order chi connectivity index (χ1) is 9.76. The molecule has 2 aliphatic heterocycles. The van der Waals surface area contributed by atoms with E-state index >= 15 is 0 Å². The normalized spacial score (nSPS) is 24.1. The quantitative estimate of drug-likeness (QED) is 0.870. The second-order valence-electron chi connectivity index (χ2n) is 5.01. The smallest absolute Gasteiger partial charge is 0.231 e. The lowest BCUT2D eigenvalue weighted by molar-refractivity contribution is 0.0209. The lowest BCUT2D eigenvalue weighted by atomic mass is 10.2. The van der Waals surface area contributed by atoms with E-state index in [1.54, 1.807) is 7.05 Å². The summed E-state index contributed by atoms with van der Waals surface area (Å²) in [6.45, 7) is 5.57. The van der Waals surface area contributed by atoms with Crippen LogP contribution in [0.5, 0.6) is 0 Å². The second-order valence-corrected chi connectivity index (χ2v) is 5.35. The average molecular weight is 299 g/mol. The summed E-state index contributed by atoms with van der Waals surface area (Å²) in [5.41, 5.74) is 0. The lowest BCUT2D eigenvalue weighted by Crippen LogP contribution is -2.44. The molecule has 2 aliphatic rings. The SMILES string of the molecule is CNc1nc(Cl)nc(N2CCC(N3CCOCC3)C2)n1. The molecule has 20 heavy (non-hydrogen) atoms. The molecule has 0 aliphatic carbocycles. The number of ether oxygens (including phenoxy) is 1. The number of hydrogen-bond acceptors (Lipinski definition) is 7. The van der Waals surface area contributed by atoms with E-state index in [-0.39, 0.29) is 5.28 Å². The van der Waals surface area contributed by atoms with Gasteiger partial charge in [0.25, 0.3) is 0 Å². The minimum absolute atomic E-state index is 0.231. The molecule has 1 aromatic rings. The van der Waals surface area contributed by atoms with Crippen molar-refractivity contribution in [1.82, 2.24) is 19.9 Å². The van der Waals surface area contributed by atoms with Crippen LogP contribution in [0, 0.1) is 0 Å². The zero-order valence-electron chi connectivity index (χ0n) is 11.5. The van der Waals surface area contributed by atoms with E-state index < -0.39 is 0 Å². The van der Waals surface area contributed by atoms with Crippen LogP contribution in [0.15, 0.2) is 0 Å². The number of anilines is 2. The van der Waals surface area contributed by atoms with Gasteiger partial charge in [0.2, 0.25) is 17.2 Å². The van der Waals surface area contributed by atoms with Gasteiger partial charge >= 0.3 is 0 Å². The first kappa shape index (κ1) is 13.8. The van der Waals surface area contributed by atoms with Gasteiger partial charge in [0.15, 0.2) is 0 Å². The first-order valence-corrected chi connectivity index (χ1v) is 7.30. The fourth-order valence-electron chi connectivity index (χ4n) is 2.76. The molecule has 2 fully saturated rings. The van der Waals surface area contributed by atoms with Gasteiger partial charge in [0.1, 0.15) is 0 Å². The summed E-state index contributed by atoms with van der Waals surface area (Å²) in [6.07, 6.45) is 1.12. The Kier molecular flexibility index (Phi) is 4.18. The Morgan fingerprint density at radius 1 is 1.20 bits per heavy atom. The third kappa shape index (κ3) is 2.94. The van der Waals surface area contributed by atoms with Gasteiger partial charge in [-0.3, -0.25) is 4.90 Å². The molecule has 1 atom stereocenters. The summed E-state index contributed by atoms with van der Waals surface area (Å²) in [5.74, 6) is 1.17. The number of morpholine rings is 1. The zero-order chi connectivity index (χ0) is 13.9. The lowest BCUT2D eigenvalue weighted by Gasteiger charge is -2.32. The summed E-state index contributed by atoms with van der Waals surface area (Å²) in [4.78, 5) is 17.3. The van der Waals surface area contributed by atoms with Crippen molar-refractivity contribution in [3.8, 4) is 0 Å². The number of nitrogens with zero attached hydrogens (tertiary/aromatic N) is 5. The Labute approximate surface area is 123 Å². The predicted octanol–water partition coefficient (Wildman–Crippen LogP) is 0.478. The van der Waals surface area contributed by atoms with E-state index in [0.717, 1.165) is 45.8 Å². The molecule has 1 unspecified atom stereocenters. The van der Waals surface area contributed by atoms with Crippen LogP contribution in [0.3, 0.4) is 0 Å². The molecule has 0 radical (unpaired) electrons. The number of nitrogens with one attached hydrogen (secondary N) is 1. The van der Waals surface area contributed by atoms with Gasteiger partial charge in [-0.05, 0) is 18.0 Å². The molecule has 0 saturated carbocycles. The van der Waals surface area contributed by atoms with Crippen molar-refractivity contribution >= 4 is 23.5 Å². The third-order valence-electron chi connectivity index (χ3n) is 3.83. The van der Waals surface area contributed by atoms with Crippen molar-refractivity contribution in [3.05, 3.63) is 5.28 Å². The van der Waals surface area contributed by atoms with Gasteiger partial charge in [-0.15, -0.1) is 0 Å². The van der Waals surface area contributed by atoms with Gasteiger partial charge < -0.3 is 15.0 Å². The van der Waals surface area contributed by atoms with E-state index in [0.29, 0.717) is 17.9 Å². The van der Waals surface area contributed by atoms with E-state index in [4.69, 9.17) is 16.3 Å². The van der Waals surface area contributed by atoms with Crippen molar-refractivity contribution in [2.45, 2.75) is 12.5 Å². The van der Waals surface area contributed by atoms with Crippen LogP contribution < -0.4 is 10.2 Å². The number of hydrogen-bond donors (Lipinski definition) is 1. The predicted molar refractivity (Wildman–Crippen MR) is 77.4 cm³/mol. The van der Waals surface area contributed by atoms with Crippen molar-refractivity contribution < 1.29 is 4.74 Å². The molecule has 3 heterocycles. The van der Waals surface area contributed by atoms with E-state index in [9.17, 15) is 0 Å². The third-order valence-corrected chi connectivity index (χ3v) is 4.00. The summed E-state index contributed by atoms with van der Waals surface area (Å²) >= 11 is 5.94. The Hall–Kier alpha value is -1.18. The van der Waals surface area contributed by atoms with Crippen LogP contribution in [0.2, 0.25) is 5.28 Å². The maximum absolute atomic E-state index is 5.94. The minimum Gasteiger partial charge on any atom is -0.379 e. The Morgan fingerprint density at radius 2 is 2.00 bits per heavy atom. The maximum Gasteiger partial charge on any atom is 0.231 e. The first-order valence-electron chi connectivity index (χ1n) is 6.92. The fraction of sp³-hybridized carbons (Fsp3) is 0.750. The molecule has 7 nitrogen and oxygen atoms in total. The van der Waals surface area contributed by atoms with Crippen molar-refractivity contribution in [3.63, 3.8) is 0 Å². The molecule has 1 aromatic heterocycles. The number of aromatic nitrogens is 3. The standard InChI is InChI=1S/C12H19ClN6O/c1-14-11-15-10(13)16-12(17-11)19-3-2-9(8-19)18-4-6-20-7-5-18/h9H,2-8H2,1H3,(H,14,15,16,17). The molecular weight excluding hydrogens is 280 g/mol. The summed E-state index contributed by atoms with van der Waals surface area (Å²) in [5, 5.41) is 3.14. The van der Waals surface area contributed by atoms with E-state index in [1.807, 2.05) is 0 Å². The summed E-state index contributed by atoms with van der Waals surface area (Å²) in [7, 11) is 1.77. The minimum atomic E-state index is 0.231. The van der Waals surface area contributed by atoms with Gasteiger partial charge in [-0.2, -0.15) is 15.0 Å². The van der Waals surface area contributed by atoms with Gasteiger partial charge in [0.05, 0.1) is 13.2 Å². The highest BCUT2D eigenvalue weighted by atomic mass is 35.5. The average Bonchev–Trinajstić information content (AvgIpc) is 2.97. The molecular formula is C12H19ClN6O. The number of rotatable bonds is 3. The molecule has 0 bridgehead atoms. The van der Waals surface area contributed by atoms with Gasteiger partial charge in [-0.1, -0.05) is 0 Å². The highest BCUT2D eigenvalue weighted by molar-refractivity contribution is 6.28. The summed E-state index contributed by atoms with van der Waals surface area (Å²) < 4.78 is 5.40. The highest BCUT2D eigenvalue weighted by Crippen LogP contribution is 2.22. The summed E-state index contributed by atoms with van der Waals surface area (Å²) in [6, 6.07) is 0.549. The van der Waals surface area contributed by atoms with Crippen LogP contribution in [-0.4, -0.2) is 72.3 Å². The molecule has 2 saturated heterocycles. The van der Waals surface area contributed by atoms with Crippen molar-refractivity contribution in [2.75, 3.05) is 56.7 Å². The molecule has 8 heteroatoms. The molecule has 0 spiro atoms. The molecule has 1 N–H and O–H groups in total. The monoisotopic (exact) mass is 298 g/mol.